The first-order valence-electron chi connectivity index (χ1n) is 10.0. The maximum absolute atomic E-state index is 4.88. The molecule has 3 aromatic rings. The number of rotatable bonds is 6. The minimum atomic E-state index is 0.166. The number of aryl methyl sites for hydroxylation is 2. The van der Waals surface area contributed by atoms with Crippen LogP contribution in [0, 0.1) is 0 Å². The number of nitrogens with zero attached hydrogens (tertiary/aromatic N) is 2. The molecule has 3 nitrogen and oxygen atoms in total. The van der Waals surface area contributed by atoms with Crippen molar-refractivity contribution in [2.45, 2.75) is 45.4 Å². The van der Waals surface area contributed by atoms with E-state index in [1.165, 1.54) is 16.8 Å². The van der Waals surface area contributed by atoms with Gasteiger partial charge in [-0.1, -0.05) is 63.3 Å². The zero-order chi connectivity index (χ0) is 18.9. The van der Waals surface area contributed by atoms with Crippen molar-refractivity contribution in [1.29, 1.82) is 0 Å². The Morgan fingerprint density at radius 2 is 1.93 bits per heavy atom. The second-order valence-corrected chi connectivity index (χ2v) is 8.20. The summed E-state index contributed by atoms with van der Waals surface area (Å²) in [5.74, 6) is 1.08. The number of fused-ring (bicyclic) bond motifs is 2. The summed E-state index contributed by atoms with van der Waals surface area (Å²) < 4.78 is 0. The Balaban J connectivity index is 1.60. The van der Waals surface area contributed by atoms with Gasteiger partial charge in [-0.25, -0.2) is 4.98 Å². The van der Waals surface area contributed by atoms with Gasteiger partial charge in [-0.3, -0.25) is 0 Å². The highest BCUT2D eigenvalue weighted by atomic mass is 15.2. The molecule has 0 atom stereocenters. The third-order valence-electron chi connectivity index (χ3n) is 5.53. The van der Waals surface area contributed by atoms with Crippen LogP contribution in [-0.2, 0) is 18.3 Å². The molecule has 0 spiro atoms. The average molecular weight is 360 g/mol. The first-order chi connectivity index (χ1) is 13.1. The van der Waals surface area contributed by atoms with Gasteiger partial charge in [0.15, 0.2) is 0 Å². The van der Waals surface area contributed by atoms with Gasteiger partial charge in [-0.15, -0.1) is 0 Å². The van der Waals surface area contributed by atoms with Gasteiger partial charge < -0.3 is 9.88 Å². The van der Waals surface area contributed by atoms with Crippen LogP contribution in [0.25, 0.3) is 11.0 Å². The second-order valence-electron chi connectivity index (χ2n) is 8.20. The van der Waals surface area contributed by atoms with E-state index < -0.39 is 0 Å². The van der Waals surface area contributed by atoms with Crippen LogP contribution < -0.4 is 4.90 Å². The molecule has 0 radical (unpaired) electrons. The summed E-state index contributed by atoms with van der Waals surface area (Å²) in [6.07, 6.45) is 7.58. The highest BCUT2D eigenvalue weighted by molar-refractivity contribution is 5.84. The van der Waals surface area contributed by atoms with Crippen LogP contribution in [0.5, 0.6) is 0 Å². The topological polar surface area (TPSA) is 31.9 Å². The molecule has 140 valence electrons. The molecule has 0 aliphatic carbocycles. The zero-order valence-corrected chi connectivity index (χ0v) is 16.6. The van der Waals surface area contributed by atoms with Crippen molar-refractivity contribution in [3.63, 3.8) is 0 Å². The number of aromatic amines is 1. The first-order valence-corrected chi connectivity index (χ1v) is 10.0. The van der Waals surface area contributed by atoms with Crippen LogP contribution >= 0.6 is 0 Å². The molecule has 0 unspecified atom stereocenters. The van der Waals surface area contributed by atoms with Crippen molar-refractivity contribution in [3.05, 3.63) is 71.6 Å². The Labute approximate surface area is 162 Å². The predicted molar refractivity (Wildman–Crippen MR) is 115 cm³/mol. The largest absolute Gasteiger partial charge is 0.367 e. The summed E-state index contributed by atoms with van der Waals surface area (Å²) in [5, 5.41) is 0. The van der Waals surface area contributed by atoms with Crippen molar-refractivity contribution < 1.29 is 0 Å². The molecule has 0 saturated carbocycles. The van der Waals surface area contributed by atoms with Crippen molar-refractivity contribution in [3.8, 4) is 0 Å². The minimum absolute atomic E-state index is 0.166. The Morgan fingerprint density at radius 3 is 2.70 bits per heavy atom. The normalized spacial score (nSPS) is 15.7. The van der Waals surface area contributed by atoms with Gasteiger partial charge in [0.2, 0.25) is 0 Å². The Hall–Kier alpha value is -2.55. The van der Waals surface area contributed by atoms with Gasteiger partial charge in [0.25, 0.3) is 0 Å². The van der Waals surface area contributed by atoms with Gasteiger partial charge in [0, 0.05) is 30.6 Å². The van der Waals surface area contributed by atoms with E-state index in [0.29, 0.717) is 0 Å². The van der Waals surface area contributed by atoms with Gasteiger partial charge in [-0.2, -0.15) is 0 Å². The third kappa shape index (κ3) is 3.64. The fourth-order valence-electron chi connectivity index (χ4n) is 4.11. The molecular weight excluding hydrogens is 330 g/mol. The highest BCUT2D eigenvalue weighted by Gasteiger charge is 2.35. The molecule has 3 heteroatoms. The van der Waals surface area contributed by atoms with Gasteiger partial charge in [-0.05, 0) is 36.1 Å². The summed E-state index contributed by atoms with van der Waals surface area (Å²) in [4.78, 5) is 10.9. The third-order valence-corrected chi connectivity index (χ3v) is 5.53. The van der Waals surface area contributed by atoms with E-state index in [-0.39, 0.29) is 5.41 Å². The maximum Gasteiger partial charge on any atom is 0.107 e. The molecule has 1 aliphatic heterocycles. The van der Waals surface area contributed by atoms with E-state index in [1.807, 2.05) is 0 Å². The van der Waals surface area contributed by atoms with Crippen molar-refractivity contribution in [2.75, 3.05) is 18.0 Å². The lowest BCUT2D eigenvalue weighted by Crippen LogP contribution is -2.28. The van der Waals surface area contributed by atoms with Crippen molar-refractivity contribution in [2.24, 2.45) is 0 Å². The number of anilines is 1. The molecule has 27 heavy (non-hydrogen) atoms. The van der Waals surface area contributed by atoms with Gasteiger partial charge >= 0.3 is 0 Å². The summed E-state index contributed by atoms with van der Waals surface area (Å²) >= 11 is 0. The van der Waals surface area contributed by atoms with E-state index in [9.17, 15) is 0 Å². The predicted octanol–water partition coefficient (Wildman–Crippen LogP) is 5.41. The fourth-order valence-corrected chi connectivity index (χ4v) is 4.11. The molecule has 1 aromatic heterocycles. The van der Waals surface area contributed by atoms with Gasteiger partial charge in [0.1, 0.15) is 5.82 Å². The highest BCUT2D eigenvalue weighted by Crippen LogP contribution is 2.42. The number of allylic oxidation sites excluding steroid dienone is 1. The van der Waals surface area contributed by atoms with Crippen LogP contribution in [0.1, 0.15) is 44.1 Å². The molecule has 2 aromatic carbocycles. The molecule has 0 bridgehead atoms. The number of nitrogens with one attached hydrogen (secondary N) is 1. The first kappa shape index (κ1) is 17.8. The zero-order valence-electron chi connectivity index (χ0n) is 16.6. The number of hydrogen-bond acceptors (Lipinski definition) is 2. The number of H-pyrrole nitrogens is 1. The van der Waals surface area contributed by atoms with E-state index in [1.54, 1.807) is 0 Å². The molecule has 1 N–H and O–H groups in total. The second kappa shape index (κ2) is 7.22. The smallest absolute Gasteiger partial charge is 0.107 e. The van der Waals surface area contributed by atoms with Gasteiger partial charge in [0.05, 0.1) is 11.0 Å². The van der Waals surface area contributed by atoms with E-state index >= 15 is 0 Å². The Kier molecular flexibility index (Phi) is 4.77. The molecule has 2 heterocycles. The van der Waals surface area contributed by atoms with E-state index in [2.05, 4.69) is 85.3 Å². The molecular formula is C24H29N3. The van der Waals surface area contributed by atoms with Crippen LogP contribution in [0.4, 0.5) is 5.69 Å². The summed E-state index contributed by atoms with van der Waals surface area (Å²) in [7, 11) is 0. The Morgan fingerprint density at radius 1 is 1.11 bits per heavy atom. The molecule has 0 saturated heterocycles. The monoisotopic (exact) mass is 359 g/mol. The van der Waals surface area contributed by atoms with E-state index in [4.69, 9.17) is 4.98 Å². The minimum Gasteiger partial charge on any atom is -0.367 e. The molecule has 0 amide bonds. The van der Waals surface area contributed by atoms with E-state index in [0.717, 1.165) is 49.2 Å². The lowest BCUT2D eigenvalue weighted by molar-refractivity contribution is 0.558. The lowest BCUT2D eigenvalue weighted by Gasteiger charge is -2.21. The standard InChI is InChI=1S/C24H29N3/c1-4-5-9-14-27-17-24(2,3)19-15-20-21(16-22(19)27)26-23(25-20)13-12-18-10-7-6-8-11-18/h5-11,15-16H,4,12-14,17H2,1-3H3,(H,25,26)/b9-5-. The summed E-state index contributed by atoms with van der Waals surface area (Å²) in [6.45, 7) is 8.90. The van der Waals surface area contributed by atoms with Crippen LogP contribution in [0.15, 0.2) is 54.6 Å². The fraction of sp³-hybridized carbons (Fsp3) is 0.375. The maximum atomic E-state index is 4.88. The molecule has 4 rings (SSSR count). The number of benzene rings is 2. The summed E-state index contributed by atoms with van der Waals surface area (Å²) in [6, 6.07) is 15.2. The summed E-state index contributed by atoms with van der Waals surface area (Å²) in [5.41, 5.74) is 6.54. The van der Waals surface area contributed by atoms with Crippen molar-refractivity contribution >= 4 is 16.7 Å². The SMILES string of the molecule is CC/C=C\CN1CC(C)(C)c2cc3[nH]c(CCc4ccccc4)nc3cc21. The number of hydrogen-bond donors (Lipinski definition) is 1. The quantitative estimate of drug-likeness (QED) is 0.597. The van der Waals surface area contributed by atoms with Crippen LogP contribution in [0.3, 0.4) is 0 Å². The number of aromatic nitrogens is 2. The number of imidazole rings is 1. The molecule has 0 fully saturated rings. The Bertz CT molecular complexity index is 950. The molecule has 1 aliphatic rings. The van der Waals surface area contributed by atoms with Crippen molar-refractivity contribution in [1.82, 2.24) is 9.97 Å². The average Bonchev–Trinajstić information content (AvgIpc) is 3.17. The van der Waals surface area contributed by atoms with Crippen LogP contribution in [-0.4, -0.2) is 23.1 Å². The lowest BCUT2D eigenvalue weighted by atomic mass is 9.87. The van der Waals surface area contributed by atoms with Crippen LogP contribution in [0.2, 0.25) is 0 Å².